The van der Waals surface area contributed by atoms with Crippen LogP contribution in [-0.2, 0) is 26.0 Å². The molecule has 3 N–H and O–H groups in total. The van der Waals surface area contributed by atoms with Crippen molar-refractivity contribution in [3.05, 3.63) is 59.7 Å². The molecule has 1 unspecified atom stereocenters. The predicted octanol–water partition coefficient (Wildman–Crippen LogP) is 3.43. The lowest BCUT2D eigenvalue weighted by atomic mass is 10.0. The van der Waals surface area contributed by atoms with Crippen LogP contribution in [0.2, 0.25) is 0 Å². The third-order valence-electron chi connectivity index (χ3n) is 6.15. The summed E-state index contributed by atoms with van der Waals surface area (Å²) in [5.41, 5.74) is 1.99. The van der Waals surface area contributed by atoms with Gasteiger partial charge in [0.15, 0.2) is 0 Å². The Hall–Kier alpha value is -2.71. The van der Waals surface area contributed by atoms with Crippen LogP contribution >= 0.6 is 0 Å². The Bertz CT molecular complexity index is 1080. The molecule has 1 atom stereocenters. The van der Waals surface area contributed by atoms with Crippen molar-refractivity contribution in [1.29, 1.82) is 0 Å². The van der Waals surface area contributed by atoms with Crippen molar-refractivity contribution >= 4 is 27.5 Å². The van der Waals surface area contributed by atoms with Crippen LogP contribution in [0.15, 0.2) is 53.4 Å². The van der Waals surface area contributed by atoms with E-state index in [2.05, 4.69) is 15.4 Å². The molecule has 1 saturated carbocycles. The molecule has 4 rings (SSSR count). The van der Waals surface area contributed by atoms with Gasteiger partial charge >= 0.3 is 0 Å². The number of carbonyl (C=O) groups is 2. The molecule has 1 heterocycles. The average molecular weight is 456 g/mol. The van der Waals surface area contributed by atoms with E-state index in [1.165, 1.54) is 18.9 Å². The van der Waals surface area contributed by atoms with Gasteiger partial charge in [-0.05, 0) is 48.6 Å². The Morgan fingerprint density at radius 2 is 1.69 bits per heavy atom. The maximum atomic E-state index is 13.2. The van der Waals surface area contributed by atoms with Gasteiger partial charge in [-0.25, -0.2) is 8.42 Å². The monoisotopic (exact) mass is 455 g/mol. The van der Waals surface area contributed by atoms with E-state index in [4.69, 9.17) is 0 Å². The van der Waals surface area contributed by atoms with E-state index in [1.54, 1.807) is 36.4 Å². The highest BCUT2D eigenvalue weighted by Gasteiger charge is 2.29. The summed E-state index contributed by atoms with van der Waals surface area (Å²) in [5, 5.41) is 5.83. The lowest BCUT2D eigenvalue weighted by molar-refractivity contribution is -0.123. The fourth-order valence-corrected chi connectivity index (χ4v) is 5.61. The number of amides is 2. The topological polar surface area (TPSA) is 104 Å². The molecular formula is C24H29N3O4S. The summed E-state index contributed by atoms with van der Waals surface area (Å²) < 4.78 is 29.1. The quantitative estimate of drug-likeness (QED) is 0.581. The van der Waals surface area contributed by atoms with Crippen LogP contribution in [0.4, 0.5) is 5.69 Å². The van der Waals surface area contributed by atoms with Gasteiger partial charge in [-0.3, -0.25) is 9.59 Å². The first kappa shape index (κ1) is 22.5. The first-order chi connectivity index (χ1) is 15.4. The molecule has 0 bridgehead atoms. The van der Waals surface area contributed by atoms with Crippen LogP contribution in [0, 0.1) is 0 Å². The second-order valence-electron chi connectivity index (χ2n) is 8.53. The predicted molar refractivity (Wildman–Crippen MR) is 123 cm³/mol. The summed E-state index contributed by atoms with van der Waals surface area (Å²) >= 11 is 0. The molecule has 0 radical (unpaired) electrons. The zero-order chi connectivity index (χ0) is 22.6. The van der Waals surface area contributed by atoms with E-state index in [-0.39, 0.29) is 22.8 Å². The summed E-state index contributed by atoms with van der Waals surface area (Å²) in [6.07, 6.45) is 7.10. The fraction of sp³-hybridized carbons (Fsp3) is 0.417. The molecule has 8 heteroatoms. The lowest BCUT2D eigenvalue weighted by Gasteiger charge is -2.23. The third kappa shape index (κ3) is 5.37. The highest BCUT2D eigenvalue weighted by Crippen LogP contribution is 2.27. The molecule has 1 fully saturated rings. The van der Waals surface area contributed by atoms with Gasteiger partial charge in [0.1, 0.15) is 6.04 Å². The maximum Gasteiger partial charge on any atom is 0.242 e. The first-order valence-corrected chi connectivity index (χ1v) is 12.7. The number of carbonyl (C=O) groups excluding carboxylic acids is 2. The SMILES string of the molecule is O=C1CCc2cc(S(=O)(=O)NC(C(=O)NC3CCCCCC3)c3ccccc3)ccc2N1. The van der Waals surface area contributed by atoms with Crippen LogP contribution in [-0.4, -0.2) is 26.3 Å². The van der Waals surface area contributed by atoms with E-state index >= 15 is 0 Å². The Kier molecular flexibility index (Phi) is 6.91. The average Bonchev–Trinajstić information content (AvgIpc) is 3.06. The van der Waals surface area contributed by atoms with E-state index in [1.807, 2.05) is 6.07 Å². The number of fused-ring (bicyclic) bond motifs is 1. The smallest absolute Gasteiger partial charge is 0.242 e. The molecule has 2 aromatic carbocycles. The molecule has 7 nitrogen and oxygen atoms in total. The number of aryl methyl sites for hydroxylation is 1. The number of hydrogen-bond acceptors (Lipinski definition) is 4. The van der Waals surface area contributed by atoms with Gasteiger partial charge in [-0.1, -0.05) is 56.0 Å². The molecule has 0 aromatic heterocycles. The van der Waals surface area contributed by atoms with Gasteiger partial charge in [0.05, 0.1) is 4.90 Å². The van der Waals surface area contributed by atoms with Gasteiger partial charge in [0.2, 0.25) is 21.8 Å². The molecule has 2 aliphatic rings. The van der Waals surface area contributed by atoms with Gasteiger partial charge in [-0.15, -0.1) is 0 Å². The number of hydrogen-bond donors (Lipinski definition) is 3. The Morgan fingerprint density at radius 1 is 0.969 bits per heavy atom. The summed E-state index contributed by atoms with van der Waals surface area (Å²) in [7, 11) is -3.97. The van der Waals surface area contributed by atoms with Crippen molar-refractivity contribution in [2.45, 2.75) is 68.3 Å². The minimum atomic E-state index is -3.97. The molecule has 1 aliphatic heterocycles. The maximum absolute atomic E-state index is 13.2. The van der Waals surface area contributed by atoms with Crippen molar-refractivity contribution in [3.63, 3.8) is 0 Å². The van der Waals surface area contributed by atoms with Crippen LogP contribution in [0.5, 0.6) is 0 Å². The largest absolute Gasteiger partial charge is 0.352 e. The second-order valence-corrected chi connectivity index (χ2v) is 10.2. The molecule has 0 saturated heterocycles. The van der Waals surface area contributed by atoms with E-state index in [0.717, 1.165) is 31.2 Å². The van der Waals surface area contributed by atoms with Crippen LogP contribution < -0.4 is 15.4 Å². The molecule has 32 heavy (non-hydrogen) atoms. The van der Waals surface area contributed by atoms with Gasteiger partial charge in [-0.2, -0.15) is 4.72 Å². The summed E-state index contributed by atoms with van der Waals surface area (Å²) in [5.74, 6) is -0.414. The van der Waals surface area contributed by atoms with Crippen molar-refractivity contribution in [1.82, 2.24) is 10.0 Å². The zero-order valence-corrected chi connectivity index (χ0v) is 18.8. The molecule has 2 amide bonds. The molecule has 0 spiro atoms. The highest BCUT2D eigenvalue weighted by molar-refractivity contribution is 7.89. The Balaban J connectivity index is 1.57. The molecule has 170 valence electrons. The second kappa shape index (κ2) is 9.83. The normalized spacial score (nSPS) is 18.2. The summed E-state index contributed by atoms with van der Waals surface area (Å²) in [6.45, 7) is 0. The number of sulfonamides is 1. The number of rotatable bonds is 6. The van der Waals surface area contributed by atoms with E-state index in [0.29, 0.717) is 24.1 Å². The third-order valence-corrected chi connectivity index (χ3v) is 7.57. The lowest BCUT2D eigenvalue weighted by Crippen LogP contribution is -2.44. The van der Waals surface area contributed by atoms with Gasteiger partial charge < -0.3 is 10.6 Å². The van der Waals surface area contributed by atoms with Crippen molar-refractivity contribution in [2.75, 3.05) is 5.32 Å². The Morgan fingerprint density at radius 3 is 2.41 bits per heavy atom. The minimum Gasteiger partial charge on any atom is -0.352 e. The van der Waals surface area contributed by atoms with Crippen LogP contribution in [0.3, 0.4) is 0 Å². The fourth-order valence-electron chi connectivity index (χ4n) is 4.38. The van der Waals surface area contributed by atoms with Crippen LogP contribution in [0.25, 0.3) is 0 Å². The van der Waals surface area contributed by atoms with Gasteiger partial charge in [0, 0.05) is 18.2 Å². The Labute approximate surface area is 189 Å². The van der Waals surface area contributed by atoms with Crippen LogP contribution in [0.1, 0.15) is 62.1 Å². The minimum absolute atomic E-state index is 0.0630. The highest BCUT2D eigenvalue weighted by atomic mass is 32.2. The molecule has 1 aliphatic carbocycles. The zero-order valence-electron chi connectivity index (χ0n) is 18.0. The number of benzene rings is 2. The van der Waals surface area contributed by atoms with Crippen molar-refractivity contribution in [3.8, 4) is 0 Å². The number of nitrogens with one attached hydrogen (secondary N) is 3. The van der Waals surface area contributed by atoms with Crippen molar-refractivity contribution < 1.29 is 18.0 Å². The van der Waals surface area contributed by atoms with Crippen molar-refractivity contribution in [2.24, 2.45) is 0 Å². The first-order valence-electron chi connectivity index (χ1n) is 11.2. The number of anilines is 1. The molecule has 2 aromatic rings. The van der Waals surface area contributed by atoms with Gasteiger partial charge in [0.25, 0.3) is 0 Å². The van der Waals surface area contributed by atoms with E-state index in [9.17, 15) is 18.0 Å². The summed E-state index contributed by atoms with van der Waals surface area (Å²) in [6, 6.07) is 12.6. The van der Waals surface area contributed by atoms with E-state index < -0.39 is 16.1 Å². The summed E-state index contributed by atoms with van der Waals surface area (Å²) in [4.78, 5) is 24.9. The molecular weight excluding hydrogens is 426 g/mol. The standard InChI is InChI=1S/C24H29N3O4S/c28-22-15-12-18-16-20(13-14-21(18)26-22)32(30,31)27-23(17-8-4-3-5-9-17)24(29)25-19-10-6-1-2-7-11-19/h3-5,8-9,13-14,16,19,23,27H,1-2,6-7,10-12,15H2,(H,25,29)(H,26,28).